The molecule has 1 heterocycles. The molecule has 4 N–H and O–H groups in total. The second kappa shape index (κ2) is 9.04. The number of halogens is 3. The van der Waals surface area contributed by atoms with Crippen LogP contribution in [0, 0.1) is 0 Å². The summed E-state index contributed by atoms with van der Waals surface area (Å²) < 4.78 is 65.9. The van der Waals surface area contributed by atoms with Gasteiger partial charge >= 0.3 is 12.1 Å². The SMILES string of the molecule is CS(=O)(=O)Nc1ccc2cc(C(=O)Nc3cccc(-c4cc(C(=O)O)ccc4C(F)(F)F)c3)[nH]c2c1. The zero-order valence-electron chi connectivity index (χ0n) is 18.5. The van der Waals surface area contributed by atoms with E-state index in [1.165, 1.54) is 42.5 Å². The molecule has 0 saturated heterocycles. The van der Waals surface area contributed by atoms with Crippen LogP contribution in [0.3, 0.4) is 0 Å². The number of H-pyrrole nitrogens is 1. The molecule has 4 rings (SSSR count). The van der Waals surface area contributed by atoms with Crippen LogP contribution < -0.4 is 10.0 Å². The van der Waals surface area contributed by atoms with Crippen LogP contribution in [0.15, 0.2) is 66.7 Å². The maximum Gasteiger partial charge on any atom is 0.417 e. The Balaban J connectivity index is 1.64. The van der Waals surface area contributed by atoms with Crippen LogP contribution in [-0.4, -0.2) is 36.6 Å². The highest BCUT2D eigenvalue weighted by molar-refractivity contribution is 7.92. The predicted octanol–water partition coefficient (Wildman–Crippen LogP) is 5.18. The van der Waals surface area contributed by atoms with Crippen LogP contribution in [0.2, 0.25) is 0 Å². The van der Waals surface area contributed by atoms with Gasteiger partial charge in [0.1, 0.15) is 5.69 Å². The van der Waals surface area contributed by atoms with Crippen molar-refractivity contribution >= 4 is 44.2 Å². The molecule has 0 unspecified atom stereocenters. The standard InChI is InChI=1S/C24H18F3N3O5S/c1-36(34,35)30-17-7-5-14-11-21(29-20(14)12-17)22(31)28-16-4-2-3-13(9-16)18-10-15(23(32)33)6-8-19(18)24(25,26)27/h2-12,29-30H,1H3,(H,28,31)(H,32,33). The number of hydrogen-bond acceptors (Lipinski definition) is 4. The second-order valence-corrected chi connectivity index (χ2v) is 9.71. The van der Waals surface area contributed by atoms with Gasteiger partial charge < -0.3 is 15.4 Å². The topological polar surface area (TPSA) is 128 Å². The normalized spacial score (nSPS) is 11.9. The first-order valence-electron chi connectivity index (χ1n) is 10.3. The first kappa shape index (κ1) is 24.8. The van der Waals surface area contributed by atoms with E-state index in [9.17, 15) is 36.3 Å². The number of benzene rings is 3. The van der Waals surface area contributed by atoms with Crippen molar-refractivity contribution in [1.29, 1.82) is 0 Å². The van der Waals surface area contributed by atoms with Gasteiger partial charge in [-0.1, -0.05) is 18.2 Å². The third kappa shape index (κ3) is 5.49. The summed E-state index contributed by atoms with van der Waals surface area (Å²) in [5, 5.41) is 12.4. The summed E-state index contributed by atoms with van der Waals surface area (Å²) in [6, 6.07) is 14.3. The molecule has 1 aromatic heterocycles. The number of aromatic nitrogens is 1. The average Bonchev–Trinajstić information content (AvgIpc) is 3.21. The number of nitrogens with one attached hydrogen (secondary N) is 3. The zero-order chi connectivity index (χ0) is 26.3. The fourth-order valence-electron chi connectivity index (χ4n) is 3.65. The lowest BCUT2D eigenvalue weighted by molar-refractivity contribution is -0.137. The van der Waals surface area contributed by atoms with Gasteiger partial charge in [0.2, 0.25) is 10.0 Å². The number of carbonyl (C=O) groups is 2. The first-order valence-corrected chi connectivity index (χ1v) is 12.2. The van der Waals surface area contributed by atoms with Crippen molar-refractivity contribution in [2.45, 2.75) is 6.18 Å². The number of fused-ring (bicyclic) bond motifs is 1. The van der Waals surface area contributed by atoms with Gasteiger partial charge in [0.15, 0.2) is 0 Å². The summed E-state index contributed by atoms with van der Waals surface area (Å²) in [5.74, 6) is -1.96. The van der Waals surface area contributed by atoms with Crippen LogP contribution in [0.1, 0.15) is 26.4 Å². The van der Waals surface area contributed by atoms with E-state index in [4.69, 9.17) is 0 Å². The molecule has 0 fully saturated rings. The number of carboxylic acid groups (broad SMARTS) is 1. The van der Waals surface area contributed by atoms with Gasteiger partial charge in [-0.25, -0.2) is 13.2 Å². The summed E-state index contributed by atoms with van der Waals surface area (Å²) in [7, 11) is -3.49. The first-order chi connectivity index (χ1) is 16.8. The maximum atomic E-state index is 13.6. The number of aromatic carboxylic acids is 1. The minimum Gasteiger partial charge on any atom is -0.478 e. The summed E-state index contributed by atoms with van der Waals surface area (Å²) >= 11 is 0. The fourth-order valence-corrected chi connectivity index (χ4v) is 4.21. The van der Waals surface area contributed by atoms with E-state index >= 15 is 0 Å². The number of carboxylic acids is 1. The van der Waals surface area contributed by atoms with Crippen LogP contribution >= 0.6 is 0 Å². The van der Waals surface area contributed by atoms with Crippen LogP contribution in [-0.2, 0) is 16.2 Å². The van der Waals surface area contributed by atoms with E-state index in [-0.39, 0.29) is 28.1 Å². The molecule has 186 valence electrons. The molecule has 12 heteroatoms. The summed E-state index contributed by atoms with van der Waals surface area (Å²) in [5.41, 5.74) is -0.481. The minimum absolute atomic E-state index is 0.0661. The van der Waals surface area contributed by atoms with Crippen molar-refractivity contribution in [3.05, 3.63) is 83.6 Å². The minimum atomic E-state index is -4.72. The van der Waals surface area contributed by atoms with Gasteiger partial charge in [-0.05, 0) is 59.7 Å². The smallest absolute Gasteiger partial charge is 0.417 e. The van der Waals surface area contributed by atoms with E-state index in [1.54, 1.807) is 6.07 Å². The van der Waals surface area contributed by atoms with Crippen LogP contribution in [0.5, 0.6) is 0 Å². The van der Waals surface area contributed by atoms with Gasteiger partial charge in [-0.2, -0.15) is 13.2 Å². The van der Waals surface area contributed by atoms with Crippen molar-refractivity contribution in [3.63, 3.8) is 0 Å². The lowest BCUT2D eigenvalue weighted by Crippen LogP contribution is -2.12. The third-order valence-corrected chi connectivity index (χ3v) is 5.78. The molecule has 0 spiro atoms. The number of alkyl halides is 3. The lowest BCUT2D eigenvalue weighted by Gasteiger charge is -2.15. The molecule has 4 aromatic rings. The number of rotatable bonds is 6. The van der Waals surface area contributed by atoms with Gasteiger partial charge in [0.25, 0.3) is 5.91 Å². The highest BCUT2D eigenvalue weighted by atomic mass is 32.2. The second-order valence-electron chi connectivity index (χ2n) is 7.96. The molecule has 0 aliphatic carbocycles. The summed E-state index contributed by atoms with van der Waals surface area (Å²) in [6.45, 7) is 0. The number of anilines is 2. The Kier molecular flexibility index (Phi) is 6.23. The number of hydrogen-bond donors (Lipinski definition) is 4. The molecule has 0 saturated carbocycles. The monoisotopic (exact) mass is 517 g/mol. The Bertz CT molecular complexity index is 1610. The van der Waals surface area contributed by atoms with Gasteiger partial charge in [-0.3, -0.25) is 9.52 Å². The molecule has 0 aliphatic heterocycles. The maximum absolute atomic E-state index is 13.6. The van der Waals surface area contributed by atoms with E-state index in [0.29, 0.717) is 22.7 Å². The number of carbonyl (C=O) groups excluding carboxylic acids is 1. The number of amides is 1. The lowest BCUT2D eigenvalue weighted by atomic mass is 9.96. The average molecular weight is 517 g/mol. The molecule has 1 amide bonds. The van der Waals surface area contributed by atoms with Crippen molar-refractivity contribution in [2.75, 3.05) is 16.3 Å². The molecule has 0 bridgehead atoms. The molecular formula is C24H18F3N3O5S. The molecule has 0 radical (unpaired) electrons. The molecule has 8 nitrogen and oxygen atoms in total. The molecule has 3 aromatic carbocycles. The third-order valence-electron chi connectivity index (χ3n) is 5.17. The van der Waals surface area contributed by atoms with Crippen LogP contribution in [0.4, 0.5) is 24.5 Å². The van der Waals surface area contributed by atoms with E-state index < -0.39 is 33.6 Å². The van der Waals surface area contributed by atoms with E-state index in [1.807, 2.05) is 0 Å². The fraction of sp³-hybridized carbons (Fsp3) is 0.0833. The van der Waals surface area contributed by atoms with Crippen LogP contribution in [0.25, 0.3) is 22.0 Å². The number of sulfonamides is 1. The van der Waals surface area contributed by atoms with E-state index in [0.717, 1.165) is 18.4 Å². The quantitative estimate of drug-likeness (QED) is 0.280. The summed E-state index contributed by atoms with van der Waals surface area (Å²) in [4.78, 5) is 27.0. The highest BCUT2D eigenvalue weighted by Crippen LogP contribution is 2.38. The summed E-state index contributed by atoms with van der Waals surface area (Å²) in [6.07, 6.45) is -3.71. The van der Waals surface area contributed by atoms with E-state index in [2.05, 4.69) is 15.0 Å². The Morgan fingerprint density at radius 1 is 0.944 bits per heavy atom. The Hall–Kier alpha value is -4.32. The van der Waals surface area contributed by atoms with Gasteiger partial charge in [0, 0.05) is 16.6 Å². The van der Waals surface area contributed by atoms with Crippen molar-refractivity contribution in [1.82, 2.24) is 4.98 Å². The largest absolute Gasteiger partial charge is 0.478 e. The Labute approximate surface area is 202 Å². The Morgan fingerprint density at radius 2 is 1.69 bits per heavy atom. The molecular weight excluding hydrogens is 499 g/mol. The molecule has 0 atom stereocenters. The van der Waals surface area contributed by atoms with Crippen molar-refractivity contribution in [3.8, 4) is 11.1 Å². The molecule has 0 aliphatic rings. The number of aromatic amines is 1. The Morgan fingerprint density at radius 3 is 2.36 bits per heavy atom. The zero-order valence-corrected chi connectivity index (χ0v) is 19.3. The predicted molar refractivity (Wildman–Crippen MR) is 129 cm³/mol. The van der Waals surface area contributed by atoms with Crippen molar-refractivity contribution in [2.24, 2.45) is 0 Å². The van der Waals surface area contributed by atoms with Crippen molar-refractivity contribution < 1.29 is 36.3 Å². The highest BCUT2D eigenvalue weighted by Gasteiger charge is 2.34. The molecule has 36 heavy (non-hydrogen) atoms. The van der Waals surface area contributed by atoms with Gasteiger partial charge in [0.05, 0.1) is 23.1 Å². The van der Waals surface area contributed by atoms with Gasteiger partial charge in [-0.15, -0.1) is 0 Å².